The number of carbonyl (C=O) groups is 4. The quantitative estimate of drug-likeness (QED) is 0.519. The molecule has 0 aromatic carbocycles. The van der Waals surface area contributed by atoms with Gasteiger partial charge in [-0.2, -0.15) is 0 Å². The van der Waals surface area contributed by atoms with Crippen LogP contribution in [0.4, 0.5) is 14.6 Å². The van der Waals surface area contributed by atoms with Crippen molar-refractivity contribution in [3.63, 3.8) is 0 Å². The van der Waals surface area contributed by atoms with Gasteiger partial charge >= 0.3 is 12.1 Å². The number of amides is 5. The van der Waals surface area contributed by atoms with Gasteiger partial charge in [-0.25, -0.2) is 14.6 Å². The van der Waals surface area contributed by atoms with E-state index in [-0.39, 0.29) is 34.9 Å². The molecule has 1 atom stereocenters. The molecule has 37 heavy (non-hydrogen) atoms. The molecule has 3 aliphatic rings. The lowest BCUT2D eigenvalue weighted by Gasteiger charge is -2.45. The van der Waals surface area contributed by atoms with Crippen molar-refractivity contribution in [2.75, 3.05) is 31.5 Å². The lowest BCUT2D eigenvalue weighted by Crippen LogP contribution is -2.61. The maximum Gasteiger partial charge on any atom is 0.409 e. The second kappa shape index (κ2) is 9.56. The van der Waals surface area contributed by atoms with Gasteiger partial charge in [-0.1, -0.05) is 11.3 Å². The normalized spacial score (nSPS) is 23.4. The number of rotatable bonds is 4. The minimum Gasteiger partial charge on any atom is -0.465 e. The monoisotopic (exact) mass is 528 g/mol. The number of carbonyl (C=O) groups excluding carboxylic acids is 3. The molecule has 3 fully saturated rings. The van der Waals surface area contributed by atoms with Gasteiger partial charge < -0.3 is 15.3 Å². The highest BCUT2D eigenvalue weighted by molar-refractivity contribution is 7.23. The van der Waals surface area contributed by atoms with Crippen LogP contribution in [0.15, 0.2) is 12.1 Å². The first-order chi connectivity index (χ1) is 17.6. The predicted molar refractivity (Wildman–Crippen MR) is 139 cm³/mol. The van der Waals surface area contributed by atoms with Crippen LogP contribution >= 0.6 is 11.3 Å². The zero-order valence-electron chi connectivity index (χ0n) is 21.2. The summed E-state index contributed by atoms with van der Waals surface area (Å²) >= 11 is 1.17. The Hall–Kier alpha value is -3.25. The van der Waals surface area contributed by atoms with E-state index in [1.54, 1.807) is 4.90 Å². The number of hydrogen-bond acceptors (Lipinski definition) is 7. The largest absolute Gasteiger partial charge is 0.465 e. The molecular formula is C25H32N6O5S. The molecule has 1 spiro atoms. The Balaban J connectivity index is 1.29. The topological polar surface area (TPSA) is 135 Å². The number of hydrogen-bond donors (Lipinski definition) is 3. The highest BCUT2D eigenvalue weighted by Crippen LogP contribution is 2.37. The van der Waals surface area contributed by atoms with Gasteiger partial charge in [0.25, 0.3) is 11.8 Å². The molecular weight excluding hydrogens is 496 g/mol. The van der Waals surface area contributed by atoms with Crippen LogP contribution in [0, 0.1) is 6.92 Å². The Kier molecular flexibility index (Phi) is 6.57. The molecule has 5 rings (SSSR count). The van der Waals surface area contributed by atoms with Gasteiger partial charge in [-0.3, -0.25) is 24.7 Å². The zero-order valence-corrected chi connectivity index (χ0v) is 22.1. The number of pyridine rings is 1. The van der Waals surface area contributed by atoms with E-state index in [4.69, 9.17) is 0 Å². The maximum atomic E-state index is 13.6. The fourth-order valence-corrected chi connectivity index (χ4v) is 6.95. The molecule has 5 heterocycles. The maximum absolute atomic E-state index is 13.6. The number of aromatic nitrogens is 1. The van der Waals surface area contributed by atoms with Crippen molar-refractivity contribution in [3.8, 4) is 0 Å². The molecule has 0 bridgehead atoms. The number of aryl methyl sites for hydroxylation is 1. The van der Waals surface area contributed by atoms with Crippen LogP contribution in [-0.2, 0) is 4.79 Å². The van der Waals surface area contributed by atoms with Crippen LogP contribution in [0.1, 0.15) is 55.6 Å². The second-order valence-electron chi connectivity index (χ2n) is 10.4. The molecule has 3 N–H and O–H groups in total. The zero-order chi connectivity index (χ0) is 26.5. The number of urea groups is 1. The summed E-state index contributed by atoms with van der Waals surface area (Å²) in [6.07, 6.45) is 1.69. The number of imide groups is 1. The predicted octanol–water partition coefficient (Wildman–Crippen LogP) is 3.09. The smallest absolute Gasteiger partial charge is 0.409 e. The molecule has 0 saturated carbocycles. The average molecular weight is 529 g/mol. The van der Waals surface area contributed by atoms with Gasteiger partial charge in [0.15, 0.2) is 0 Å². The van der Waals surface area contributed by atoms with E-state index >= 15 is 0 Å². The molecule has 2 aromatic heterocycles. The SMILES string of the molecule is Cc1ccc2c(C(=O)N3CCC(N4CCCC5(C4)NC(=O)N(C(C)C)C5=O)CC3)c(NC(=O)O)sc2n1. The number of fused-ring (bicyclic) bond motifs is 1. The van der Waals surface area contributed by atoms with Crippen LogP contribution in [-0.4, -0.2) is 92.5 Å². The van der Waals surface area contributed by atoms with Crippen molar-refractivity contribution in [2.45, 2.75) is 64.1 Å². The number of anilines is 1. The van der Waals surface area contributed by atoms with E-state index < -0.39 is 11.6 Å². The Labute approximate surface area is 218 Å². The van der Waals surface area contributed by atoms with Crippen molar-refractivity contribution in [3.05, 3.63) is 23.4 Å². The Bertz CT molecular complexity index is 1270. The first-order valence-electron chi connectivity index (χ1n) is 12.7. The third kappa shape index (κ3) is 4.52. The van der Waals surface area contributed by atoms with Crippen LogP contribution in [0.25, 0.3) is 10.2 Å². The number of carboxylic acid groups (broad SMARTS) is 1. The van der Waals surface area contributed by atoms with Crippen LogP contribution in [0.2, 0.25) is 0 Å². The van der Waals surface area contributed by atoms with Gasteiger partial charge in [0, 0.05) is 42.8 Å². The Morgan fingerprint density at radius 3 is 2.59 bits per heavy atom. The van der Waals surface area contributed by atoms with E-state index in [0.717, 1.165) is 31.5 Å². The summed E-state index contributed by atoms with van der Waals surface area (Å²) in [5.41, 5.74) is 0.270. The first kappa shape index (κ1) is 25.4. The Morgan fingerprint density at radius 2 is 1.95 bits per heavy atom. The summed E-state index contributed by atoms with van der Waals surface area (Å²) in [6.45, 7) is 7.91. The van der Waals surface area contributed by atoms with Gasteiger partial charge in [0.1, 0.15) is 15.4 Å². The minimum absolute atomic E-state index is 0.142. The lowest BCUT2D eigenvalue weighted by atomic mass is 9.86. The third-order valence-electron chi connectivity index (χ3n) is 7.63. The molecule has 1 unspecified atom stereocenters. The number of likely N-dealkylation sites (tertiary alicyclic amines) is 2. The molecule has 0 aliphatic carbocycles. The van der Waals surface area contributed by atoms with Gasteiger partial charge in [0.05, 0.1) is 5.56 Å². The second-order valence-corrected chi connectivity index (χ2v) is 11.4. The summed E-state index contributed by atoms with van der Waals surface area (Å²) in [5, 5.41) is 15.6. The number of nitrogens with one attached hydrogen (secondary N) is 2. The van der Waals surface area contributed by atoms with Gasteiger partial charge in [-0.05, 0) is 65.1 Å². The molecule has 5 amide bonds. The van der Waals surface area contributed by atoms with E-state index in [1.807, 2.05) is 32.9 Å². The van der Waals surface area contributed by atoms with E-state index in [0.29, 0.717) is 41.8 Å². The Morgan fingerprint density at radius 1 is 1.22 bits per heavy atom. The van der Waals surface area contributed by atoms with E-state index in [9.17, 15) is 24.3 Å². The van der Waals surface area contributed by atoms with Crippen molar-refractivity contribution in [2.24, 2.45) is 0 Å². The number of thiophene rings is 1. The molecule has 2 aromatic rings. The highest BCUT2D eigenvalue weighted by Gasteiger charge is 2.54. The summed E-state index contributed by atoms with van der Waals surface area (Å²) in [5.74, 6) is -0.350. The van der Waals surface area contributed by atoms with Crippen molar-refractivity contribution >= 4 is 50.5 Å². The molecule has 198 valence electrons. The molecule has 11 nitrogen and oxygen atoms in total. The summed E-state index contributed by atoms with van der Waals surface area (Å²) in [7, 11) is 0. The molecule has 12 heteroatoms. The summed E-state index contributed by atoms with van der Waals surface area (Å²) in [4.78, 5) is 61.1. The van der Waals surface area contributed by atoms with E-state index in [2.05, 4.69) is 20.5 Å². The molecule has 0 radical (unpaired) electrons. The van der Waals surface area contributed by atoms with Crippen molar-refractivity contribution in [1.82, 2.24) is 25.0 Å². The fourth-order valence-electron chi connectivity index (χ4n) is 5.85. The summed E-state index contributed by atoms with van der Waals surface area (Å²) in [6, 6.07) is 3.32. The van der Waals surface area contributed by atoms with E-state index in [1.165, 1.54) is 16.2 Å². The average Bonchev–Trinajstić information content (AvgIpc) is 3.30. The van der Waals surface area contributed by atoms with Crippen LogP contribution in [0.5, 0.6) is 0 Å². The van der Waals surface area contributed by atoms with Crippen molar-refractivity contribution in [1.29, 1.82) is 0 Å². The van der Waals surface area contributed by atoms with Gasteiger partial charge in [0.2, 0.25) is 0 Å². The first-order valence-corrected chi connectivity index (χ1v) is 13.5. The molecule has 3 aliphatic heterocycles. The third-order valence-corrected chi connectivity index (χ3v) is 8.64. The number of piperidine rings is 2. The van der Waals surface area contributed by atoms with Crippen molar-refractivity contribution < 1.29 is 24.3 Å². The van der Waals surface area contributed by atoms with Gasteiger partial charge in [-0.15, -0.1) is 0 Å². The highest BCUT2D eigenvalue weighted by atomic mass is 32.1. The van der Waals surface area contributed by atoms with Crippen LogP contribution < -0.4 is 10.6 Å². The summed E-state index contributed by atoms with van der Waals surface area (Å²) < 4.78 is 0. The minimum atomic E-state index is -1.22. The fraction of sp³-hybridized carbons (Fsp3) is 0.560. The lowest BCUT2D eigenvalue weighted by molar-refractivity contribution is -0.134. The molecule has 3 saturated heterocycles. The standard InChI is InChI=1S/C25H32N6O5S/c1-14(2)31-22(33)25(28-23(31)34)9-4-10-30(13-25)16-7-11-29(12-8-16)21(32)18-17-6-5-15(3)26-19(17)37-20(18)27-24(35)36/h5-6,14,16,27H,4,7-13H2,1-3H3,(H,28,34)(H,35,36). The number of nitrogens with zero attached hydrogens (tertiary/aromatic N) is 4. The van der Waals surface area contributed by atoms with Crippen LogP contribution in [0.3, 0.4) is 0 Å².